The highest BCUT2D eigenvalue weighted by Gasteiger charge is 2.08. The molecule has 5 heteroatoms. The maximum atomic E-state index is 10.6. The highest BCUT2D eigenvalue weighted by molar-refractivity contribution is 5.79. The Labute approximate surface area is 122 Å². The molecular formula is C16H16N2O3. The van der Waals surface area contributed by atoms with Crippen molar-refractivity contribution in [2.75, 3.05) is 6.61 Å². The third kappa shape index (κ3) is 4.50. The highest BCUT2D eigenvalue weighted by Crippen LogP contribution is 2.14. The van der Waals surface area contributed by atoms with Crippen molar-refractivity contribution in [3.63, 3.8) is 0 Å². The van der Waals surface area contributed by atoms with Gasteiger partial charge in [-0.05, 0) is 17.5 Å². The number of aliphatic hydroxyl groups excluding tert-OH is 1. The van der Waals surface area contributed by atoms with Crippen LogP contribution in [0.4, 0.5) is 5.69 Å². The van der Waals surface area contributed by atoms with Crippen molar-refractivity contribution in [2.24, 2.45) is 4.99 Å². The Morgan fingerprint density at radius 1 is 1.14 bits per heavy atom. The summed E-state index contributed by atoms with van der Waals surface area (Å²) in [6.07, 6.45) is 2.27. The number of non-ortho nitro benzene ring substituents is 1. The minimum Gasteiger partial charge on any atom is -0.394 e. The lowest BCUT2D eigenvalue weighted by Crippen LogP contribution is -2.14. The zero-order chi connectivity index (χ0) is 15.1. The van der Waals surface area contributed by atoms with Gasteiger partial charge in [0.25, 0.3) is 5.69 Å². The molecule has 1 N–H and O–H groups in total. The van der Waals surface area contributed by atoms with Crippen LogP contribution in [0.15, 0.2) is 59.6 Å². The van der Waals surface area contributed by atoms with Crippen molar-refractivity contribution in [1.29, 1.82) is 0 Å². The van der Waals surface area contributed by atoms with E-state index in [2.05, 4.69) is 4.99 Å². The lowest BCUT2D eigenvalue weighted by Gasteiger charge is -2.09. The van der Waals surface area contributed by atoms with Gasteiger partial charge in [-0.15, -0.1) is 0 Å². The molecule has 0 aliphatic rings. The molecule has 0 aliphatic heterocycles. The first-order chi connectivity index (χ1) is 10.2. The zero-order valence-electron chi connectivity index (χ0n) is 11.4. The topological polar surface area (TPSA) is 75.7 Å². The van der Waals surface area contributed by atoms with Crippen LogP contribution in [0.2, 0.25) is 0 Å². The predicted molar refractivity (Wildman–Crippen MR) is 81.7 cm³/mol. The third-order valence-corrected chi connectivity index (χ3v) is 3.06. The van der Waals surface area contributed by atoms with Gasteiger partial charge in [0, 0.05) is 18.3 Å². The standard InChI is InChI=1S/C16H16N2O3/c19-12-15(17-11-14-4-2-1-3-5-14)10-13-6-8-16(9-7-13)18(20)21/h1-9,11,15,19H,10,12H2/t15-/m0/s1. The first kappa shape index (κ1) is 14.9. The third-order valence-electron chi connectivity index (χ3n) is 3.06. The largest absolute Gasteiger partial charge is 0.394 e. The number of hydrogen-bond donors (Lipinski definition) is 1. The molecule has 0 bridgehead atoms. The molecule has 2 aromatic carbocycles. The number of nitro benzene ring substituents is 1. The van der Waals surface area contributed by atoms with E-state index >= 15 is 0 Å². The van der Waals surface area contributed by atoms with Crippen LogP contribution in [0, 0.1) is 10.1 Å². The predicted octanol–water partition coefficient (Wildman–Crippen LogP) is 2.62. The van der Waals surface area contributed by atoms with Crippen molar-refractivity contribution >= 4 is 11.9 Å². The van der Waals surface area contributed by atoms with Gasteiger partial charge in [-0.25, -0.2) is 0 Å². The van der Waals surface area contributed by atoms with Gasteiger partial charge < -0.3 is 5.11 Å². The molecule has 0 spiro atoms. The average molecular weight is 284 g/mol. The van der Waals surface area contributed by atoms with Gasteiger partial charge in [0.15, 0.2) is 0 Å². The fraction of sp³-hybridized carbons (Fsp3) is 0.188. The summed E-state index contributed by atoms with van der Waals surface area (Å²) in [5.41, 5.74) is 1.94. The summed E-state index contributed by atoms with van der Waals surface area (Å²) in [6.45, 7) is -0.0691. The van der Waals surface area contributed by atoms with Crippen LogP contribution in [-0.4, -0.2) is 28.9 Å². The minimum atomic E-state index is -0.430. The Hall–Kier alpha value is -2.53. The molecule has 0 heterocycles. The quantitative estimate of drug-likeness (QED) is 0.503. The molecule has 108 valence electrons. The zero-order valence-corrected chi connectivity index (χ0v) is 11.4. The summed E-state index contributed by atoms with van der Waals surface area (Å²) in [7, 11) is 0. The second-order valence-electron chi connectivity index (χ2n) is 4.65. The first-order valence-electron chi connectivity index (χ1n) is 6.61. The second-order valence-corrected chi connectivity index (χ2v) is 4.65. The Bertz CT molecular complexity index is 609. The molecule has 0 saturated carbocycles. The number of aliphatic hydroxyl groups is 1. The van der Waals surface area contributed by atoms with Gasteiger partial charge in [-0.2, -0.15) is 0 Å². The van der Waals surface area contributed by atoms with Crippen molar-refractivity contribution in [2.45, 2.75) is 12.5 Å². The monoisotopic (exact) mass is 284 g/mol. The molecule has 21 heavy (non-hydrogen) atoms. The first-order valence-corrected chi connectivity index (χ1v) is 6.61. The fourth-order valence-electron chi connectivity index (χ4n) is 1.92. The molecule has 0 aliphatic carbocycles. The lowest BCUT2D eigenvalue weighted by atomic mass is 10.1. The van der Waals surface area contributed by atoms with Crippen molar-refractivity contribution in [1.82, 2.24) is 0 Å². The molecule has 0 fully saturated rings. The van der Waals surface area contributed by atoms with Crippen LogP contribution in [0.25, 0.3) is 0 Å². The molecule has 0 radical (unpaired) electrons. The maximum Gasteiger partial charge on any atom is 0.269 e. The summed E-state index contributed by atoms with van der Waals surface area (Å²) in [4.78, 5) is 14.5. The van der Waals surface area contributed by atoms with E-state index in [1.54, 1.807) is 18.3 Å². The van der Waals surface area contributed by atoms with E-state index < -0.39 is 4.92 Å². The number of benzene rings is 2. The lowest BCUT2D eigenvalue weighted by molar-refractivity contribution is -0.384. The van der Waals surface area contributed by atoms with Gasteiger partial charge in [0.05, 0.1) is 17.6 Å². The van der Waals surface area contributed by atoms with Crippen LogP contribution in [0.5, 0.6) is 0 Å². The summed E-state index contributed by atoms with van der Waals surface area (Å²) in [5.74, 6) is 0. The normalized spacial score (nSPS) is 12.4. The van der Waals surface area contributed by atoms with Crippen molar-refractivity contribution < 1.29 is 10.0 Å². The van der Waals surface area contributed by atoms with E-state index in [9.17, 15) is 15.2 Å². The van der Waals surface area contributed by atoms with Crippen LogP contribution in [0.1, 0.15) is 11.1 Å². The Kier molecular flexibility index (Phi) is 5.17. The summed E-state index contributed by atoms with van der Waals surface area (Å²) in [6, 6.07) is 15.7. The van der Waals surface area contributed by atoms with Gasteiger partial charge >= 0.3 is 0 Å². The Morgan fingerprint density at radius 2 is 1.81 bits per heavy atom. The molecule has 0 aromatic heterocycles. The van der Waals surface area contributed by atoms with Crippen LogP contribution in [0.3, 0.4) is 0 Å². The molecule has 0 unspecified atom stereocenters. The van der Waals surface area contributed by atoms with Crippen molar-refractivity contribution in [3.05, 3.63) is 75.8 Å². The average Bonchev–Trinajstić information content (AvgIpc) is 2.53. The van der Waals surface area contributed by atoms with E-state index in [1.165, 1.54) is 12.1 Å². The summed E-state index contributed by atoms with van der Waals surface area (Å²) >= 11 is 0. The molecule has 2 rings (SSSR count). The summed E-state index contributed by atoms with van der Waals surface area (Å²) in [5, 5.41) is 20.0. The molecule has 1 atom stereocenters. The highest BCUT2D eigenvalue weighted by atomic mass is 16.6. The summed E-state index contributed by atoms with van der Waals surface area (Å²) < 4.78 is 0. The van der Waals surface area contributed by atoms with E-state index in [0.717, 1.165) is 11.1 Å². The number of aliphatic imine (C=N–C) groups is 1. The van der Waals surface area contributed by atoms with Gasteiger partial charge in [0.1, 0.15) is 0 Å². The van der Waals surface area contributed by atoms with E-state index in [-0.39, 0.29) is 18.3 Å². The maximum absolute atomic E-state index is 10.6. The van der Waals surface area contributed by atoms with E-state index in [4.69, 9.17) is 0 Å². The van der Waals surface area contributed by atoms with Crippen LogP contribution < -0.4 is 0 Å². The Balaban J connectivity index is 2.02. The van der Waals surface area contributed by atoms with E-state index in [1.807, 2.05) is 30.3 Å². The molecule has 0 amide bonds. The number of hydrogen-bond acceptors (Lipinski definition) is 4. The van der Waals surface area contributed by atoms with Crippen molar-refractivity contribution in [3.8, 4) is 0 Å². The molecular weight excluding hydrogens is 268 g/mol. The SMILES string of the molecule is O=[N+]([O-])c1ccc(C[C@@H](CO)N=Cc2ccccc2)cc1. The van der Waals surface area contributed by atoms with Gasteiger partial charge in [-0.1, -0.05) is 42.5 Å². The number of nitrogens with zero attached hydrogens (tertiary/aromatic N) is 2. The number of nitro groups is 1. The van der Waals surface area contributed by atoms with E-state index in [0.29, 0.717) is 6.42 Å². The number of rotatable bonds is 6. The van der Waals surface area contributed by atoms with Crippen LogP contribution >= 0.6 is 0 Å². The van der Waals surface area contributed by atoms with Gasteiger partial charge in [0.2, 0.25) is 0 Å². The Morgan fingerprint density at radius 3 is 2.38 bits per heavy atom. The van der Waals surface area contributed by atoms with Crippen LogP contribution in [-0.2, 0) is 6.42 Å². The van der Waals surface area contributed by atoms with Gasteiger partial charge in [-0.3, -0.25) is 15.1 Å². The fourth-order valence-corrected chi connectivity index (χ4v) is 1.92. The minimum absolute atomic E-state index is 0.0621. The molecule has 5 nitrogen and oxygen atoms in total. The smallest absolute Gasteiger partial charge is 0.269 e. The second kappa shape index (κ2) is 7.31. The molecule has 2 aromatic rings. The molecule has 0 saturated heterocycles.